The molecule has 0 bridgehead atoms. The van der Waals surface area contributed by atoms with Crippen LogP contribution in [0.4, 0.5) is 36.2 Å². The van der Waals surface area contributed by atoms with Crippen LogP contribution in [-0.4, -0.2) is 54.0 Å². The Kier molecular flexibility index (Phi) is 7.54. The molecule has 2 heterocycles. The Morgan fingerprint density at radius 1 is 1.06 bits per heavy atom. The highest BCUT2D eigenvalue weighted by molar-refractivity contribution is 5.99. The first kappa shape index (κ1) is 25.2. The second kappa shape index (κ2) is 10.8. The molecule has 7 nitrogen and oxygen atoms in total. The molecule has 0 saturated carbocycles. The highest BCUT2D eigenvalue weighted by atomic mass is 19.3. The van der Waals surface area contributed by atoms with Gasteiger partial charge >= 0.3 is 5.92 Å². The summed E-state index contributed by atoms with van der Waals surface area (Å²) < 4.78 is 45.1. The van der Waals surface area contributed by atoms with Crippen LogP contribution < -0.4 is 15.5 Å². The van der Waals surface area contributed by atoms with E-state index < -0.39 is 28.9 Å². The van der Waals surface area contributed by atoms with Crippen LogP contribution in [0.5, 0.6) is 0 Å². The molecule has 3 aromatic rings. The topological polar surface area (TPSA) is 73.4 Å². The molecule has 1 fully saturated rings. The SMILES string of the molecule is C/C=C/C(=O)Nc1cccc(C(F)(F)c2nc(Nc3ccc(N4CCN(C)CC4)cc3)ncc2F)c1. The Bertz CT molecular complexity index is 1240. The number of anilines is 4. The highest BCUT2D eigenvalue weighted by Crippen LogP contribution is 2.37. The number of hydrogen-bond donors (Lipinski definition) is 2. The van der Waals surface area contributed by atoms with Crippen LogP contribution in [0.2, 0.25) is 0 Å². The van der Waals surface area contributed by atoms with Crippen LogP contribution in [0.3, 0.4) is 0 Å². The predicted molar refractivity (Wildman–Crippen MR) is 134 cm³/mol. The number of rotatable bonds is 7. The number of amides is 1. The molecule has 188 valence electrons. The summed E-state index contributed by atoms with van der Waals surface area (Å²) in [5.74, 6) is -5.62. The second-order valence-electron chi connectivity index (χ2n) is 8.50. The molecular weight excluding hydrogens is 469 g/mol. The highest BCUT2D eigenvalue weighted by Gasteiger charge is 2.39. The molecule has 0 aliphatic carbocycles. The number of likely N-dealkylation sites (N-methyl/N-ethyl adjacent to an activating group) is 1. The van der Waals surface area contributed by atoms with Gasteiger partial charge < -0.3 is 20.4 Å². The van der Waals surface area contributed by atoms with E-state index in [1.54, 1.807) is 19.1 Å². The first-order chi connectivity index (χ1) is 17.3. The molecule has 1 saturated heterocycles. The molecular formula is C26H27F3N6O. The minimum absolute atomic E-state index is 0.156. The maximum absolute atomic E-state index is 15.3. The summed E-state index contributed by atoms with van der Waals surface area (Å²) in [5.41, 5.74) is 0.222. The lowest BCUT2D eigenvalue weighted by Gasteiger charge is -2.34. The summed E-state index contributed by atoms with van der Waals surface area (Å²) >= 11 is 0. The fourth-order valence-corrected chi connectivity index (χ4v) is 3.86. The van der Waals surface area contributed by atoms with Gasteiger partial charge in [0.1, 0.15) is 0 Å². The van der Waals surface area contributed by atoms with Crippen LogP contribution in [0.1, 0.15) is 18.2 Å². The van der Waals surface area contributed by atoms with Crippen molar-refractivity contribution in [2.45, 2.75) is 12.8 Å². The first-order valence-electron chi connectivity index (χ1n) is 11.5. The summed E-state index contributed by atoms with van der Waals surface area (Å²) in [5, 5.41) is 5.36. The van der Waals surface area contributed by atoms with Crippen LogP contribution in [0, 0.1) is 5.82 Å². The van der Waals surface area contributed by atoms with Gasteiger partial charge in [0, 0.05) is 48.8 Å². The van der Waals surface area contributed by atoms with E-state index in [-0.39, 0.29) is 11.6 Å². The molecule has 0 atom stereocenters. The summed E-state index contributed by atoms with van der Waals surface area (Å²) in [7, 11) is 2.09. The minimum Gasteiger partial charge on any atom is -0.369 e. The zero-order valence-corrected chi connectivity index (χ0v) is 20.0. The molecule has 2 aromatic carbocycles. The van der Waals surface area contributed by atoms with Crippen LogP contribution in [-0.2, 0) is 10.7 Å². The number of carbonyl (C=O) groups excluding carboxylic acids is 1. The lowest BCUT2D eigenvalue weighted by atomic mass is 10.0. The summed E-state index contributed by atoms with van der Waals surface area (Å²) in [6.07, 6.45) is 3.51. The monoisotopic (exact) mass is 496 g/mol. The molecule has 1 amide bonds. The first-order valence-corrected chi connectivity index (χ1v) is 11.5. The van der Waals surface area contributed by atoms with Gasteiger partial charge in [-0.3, -0.25) is 4.79 Å². The largest absolute Gasteiger partial charge is 0.369 e. The van der Waals surface area contributed by atoms with Crippen molar-refractivity contribution in [2.24, 2.45) is 0 Å². The maximum atomic E-state index is 15.3. The number of halogens is 3. The lowest BCUT2D eigenvalue weighted by molar-refractivity contribution is -0.111. The van der Waals surface area contributed by atoms with Crippen molar-refractivity contribution in [3.05, 3.63) is 84.0 Å². The normalized spacial score (nSPS) is 14.8. The quantitative estimate of drug-likeness (QED) is 0.460. The maximum Gasteiger partial charge on any atom is 0.318 e. The van der Waals surface area contributed by atoms with Gasteiger partial charge in [-0.15, -0.1) is 0 Å². The molecule has 36 heavy (non-hydrogen) atoms. The van der Waals surface area contributed by atoms with Gasteiger partial charge in [0.25, 0.3) is 0 Å². The van der Waals surface area contributed by atoms with Crippen molar-refractivity contribution < 1.29 is 18.0 Å². The van der Waals surface area contributed by atoms with Gasteiger partial charge in [0.2, 0.25) is 11.9 Å². The number of nitrogens with zero attached hydrogens (tertiary/aromatic N) is 4. The van der Waals surface area contributed by atoms with Gasteiger partial charge in [-0.2, -0.15) is 8.78 Å². The molecule has 1 aromatic heterocycles. The predicted octanol–water partition coefficient (Wildman–Crippen LogP) is 4.77. The van der Waals surface area contributed by atoms with Crippen molar-refractivity contribution in [2.75, 3.05) is 48.8 Å². The van der Waals surface area contributed by atoms with E-state index in [2.05, 4.69) is 37.4 Å². The van der Waals surface area contributed by atoms with E-state index in [0.717, 1.165) is 50.2 Å². The minimum atomic E-state index is -3.77. The van der Waals surface area contributed by atoms with Crippen molar-refractivity contribution >= 4 is 28.9 Å². The van der Waals surface area contributed by atoms with E-state index in [1.165, 1.54) is 24.3 Å². The lowest BCUT2D eigenvalue weighted by Crippen LogP contribution is -2.44. The van der Waals surface area contributed by atoms with Crippen LogP contribution in [0.25, 0.3) is 0 Å². The van der Waals surface area contributed by atoms with Crippen LogP contribution in [0.15, 0.2) is 66.9 Å². The zero-order valence-electron chi connectivity index (χ0n) is 20.0. The number of allylic oxidation sites excluding steroid dienone is 1. The zero-order chi connectivity index (χ0) is 25.7. The van der Waals surface area contributed by atoms with Crippen LogP contribution >= 0.6 is 0 Å². The summed E-state index contributed by atoms with van der Waals surface area (Å²) in [4.78, 5) is 23.9. The molecule has 1 aliphatic rings. The van der Waals surface area contributed by atoms with Crippen molar-refractivity contribution in [1.82, 2.24) is 14.9 Å². The third kappa shape index (κ3) is 5.83. The van der Waals surface area contributed by atoms with E-state index >= 15 is 8.78 Å². The standard InChI is InChI=1S/C26H27F3N6O/c1-3-5-23(36)31-20-7-4-6-18(16-20)26(28,29)24-22(27)17-30-25(33-24)32-19-8-10-21(11-9-19)35-14-12-34(2)13-15-35/h3-11,16-17H,12-15H2,1-2H3,(H,31,36)(H,30,32,33)/b5-3+. The molecule has 4 rings (SSSR count). The average molecular weight is 497 g/mol. The second-order valence-corrected chi connectivity index (χ2v) is 8.50. The number of nitrogens with one attached hydrogen (secondary N) is 2. The fraction of sp³-hybridized carbons (Fsp3) is 0.269. The Balaban J connectivity index is 1.52. The van der Waals surface area contributed by atoms with Gasteiger partial charge in [-0.25, -0.2) is 14.4 Å². The molecule has 2 N–H and O–H groups in total. The van der Waals surface area contributed by atoms with Crippen molar-refractivity contribution in [3.8, 4) is 0 Å². The summed E-state index contributed by atoms with van der Waals surface area (Å²) in [6.45, 7) is 5.46. The van der Waals surface area contributed by atoms with Crippen molar-refractivity contribution in [1.29, 1.82) is 0 Å². The fourth-order valence-electron chi connectivity index (χ4n) is 3.86. The third-order valence-corrected chi connectivity index (χ3v) is 5.84. The van der Waals surface area contributed by atoms with Gasteiger partial charge in [-0.05, 0) is 56.4 Å². The Morgan fingerprint density at radius 3 is 2.47 bits per heavy atom. The number of hydrogen-bond acceptors (Lipinski definition) is 6. The van der Waals surface area contributed by atoms with Gasteiger partial charge in [0.15, 0.2) is 11.5 Å². The van der Waals surface area contributed by atoms with Crippen molar-refractivity contribution in [3.63, 3.8) is 0 Å². The number of alkyl halides is 2. The Hall–Kier alpha value is -3.92. The van der Waals surface area contributed by atoms with E-state index in [1.807, 2.05) is 12.1 Å². The molecule has 0 radical (unpaired) electrons. The van der Waals surface area contributed by atoms with Gasteiger partial charge in [0.05, 0.1) is 6.20 Å². The number of piperazine rings is 1. The average Bonchev–Trinajstić information content (AvgIpc) is 2.86. The van der Waals surface area contributed by atoms with E-state index in [4.69, 9.17) is 0 Å². The number of aromatic nitrogens is 2. The van der Waals surface area contributed by atoms with E-state index in [9.17, 15) is 9.18 Å². The van der Waals surface area contributed by atoms with E-state index in [0.29, 0.717) is 5.69 Å². The van der Waals surface area contributed by atoms with Gasteiger partial charge in [-0.1, -0.05) is 18.2 Å². The number of benzene rings is 2. The number of carbonyl (C=O) groups is 1. The Morgan fingerprint density at radius 2 is 1.78 bits per heavy atom. The molecule has 0 spiro atoms. The third-order valence-electron chi connectivity index (χ3n) is 5.84. The molecule has 1 aliphatic heterocycles. The molecule has 0 unspecified atom stereocenters. The summed E-state index contributed by atoms with van der Waals surface area (Å²) in [6, 6.07) is 12.5. The molecule has 10 heteroatoms. The Labute approximate surface area is 207 Å². The smallest absolute Gasteiger partial charge is 0.318 e.